The summed E-state index contributed by atoms with van der Waals surface area (Å²) in [4.78, 5) is 20.8. The van der Waals surface area contributed by atoms with E-state index in [0.717, 1.165) is 90.2 Å². The van der Waals surface area contributed by atoms with Gasteiger partial charge in [-0.15, -0.1) is 0 Å². The van der Waals surface area contributed by atoms with Crippen LogP contribution < -0.4 is 0 Å². The van der Waals surface area contributed by atoms with Crippen molar-refractivity contribution in [2.45, 2.75) is 0 Å². The number of rotatable bonds is 4. The molecule has 9 rings (SSSR count). The molecule has 49 heavy (non-hydrogen) atoms. The Bertz CT molecular complexity index is 2380. The molecule has 4 nitrogen and oxygen atoms in total. The van der Waals surface area contributed by atoms with Crippen molar-refractivity contribution < 1.29 is 22.4 Å². The first kappa shape index (κ1) is 30.5. The van der Waals surface area contributed by atoms with Gasteiger partial charge in [-0.25, -0.2) is 20.0 Å². The predicted octanol–water partition coefficient (Wildman–Crippen LogP) is 9.69. The molecule has 235 valence electrons. The SMILES string of the molecule is C1=CC2=NC1=CC1=NC(=C(c3ccccc3)C3=NC(=CC4=NC(=C2)C=C4)C=C3c2ccccc2)C(c2ccccc2)=C1c1ccccc1.[Ag]. The molecule has 0 saturated heterocycles. The fraction of sp³-hybridized carbons (Fsp3) is 0. The number of aliphatic imine (C=N–C) groups is 4. The van der Waals surface area contributed by atoms with Crippen LogP contribution in [0.4, 0.5) is 0 Å². The smallest absolute Gasteiger partial charge is 0.0822 e. The fourth-order valence-electron chi connectivity index (χ4n) is 6.63. The van der Waals surface area contributed by atoms with Crippen LogP contribution in [0.1, 0.15) is 22.3 Å². The maximum absolute atomic E-state index is 5.56. The van der Waals surface area contributed by atoms with Crippen molar-refractivity contribution in [1.82, 2.24) is 0 Å². The first-order chi connectivity index (χ1) is 23.8. The van der Waals surface area contributed by atoms with Gasteiger partial charge in [0.25, 0.3) is 0 Å². The van der Waals surface area contributed by atoms with E-state index in [1.807, 2.05) is 36.4 Å². The zero-order valence-corrected chi connectivity index (χ0v) is 27.7. The summed E-state index contributed by atoms with van der Waals surface area (Å²) >= 11 is 0. The Morgan fingerprint density at radius 2 is 0.816 bits per heavy atom. The largest absolute Gasteiger partial charge is 0.249 e. The van der Waals surface area contributed by atoms with Gasteiger partial charge in [0.2, 0.25) is 0 Å². The van der Waals surface area contributed by atoms with Crippen LogP contribution in [0, 0.1) is 0 Å². The van der Waals surface area contributed by atoms with Crippen LogP contribution in [0.2, 0.25) is 0 Å². The summed E-state index contributed by atoms with van der Waals surface area (Å²) in [7, 11) is 0. The number of hydrogen-bond acceptors (Lipinski definition) is 4. The standard InChI is InChI=1S/C44H28N4.Ag/c1-5-13-29(14-6-1)38-27-37-26-35-22-21-33(45-35)25-34-23-24-36(46-34)28-39-40(30-15-7-2-8-16-30)41(31-17-9-3-10-18-31)44(48-39)42(43(38)47-37)32-19-11-4-12-20-32;/h1-28H;. The Hall–Kier alpha value is -5.78. The molecular formula is C44H28AgN4. The van der Waals surface area contributed by atoms with Gasteiger partial charge in [-0.1, -0.05) is 121 Å². The molecular weight excluding hydrogens is 692 g/mol. The van der Waals surface area contributed by atoms with Gasteiger partial charge in [0.15, 0.2) is 0 Å². The summed E-state index contributed by atoms with van der Waals surface area (Å²) in [6.45, 7) is 0. The Labute approximate surface area is 301 Å². The third-order valence-electron chi connectivity index (χ3n) is 8.75. The Morgan fingerprint density at radius 1 is 0.347 bits per heavy atom. The number of hydrogen-bond donors (Lipinski definition) is 0. The monoisotopic (exact) mass is 719 g/mol. The van der Waals surface area contributed by atoms with E-state index in [9.17, 15) is 0 Å². The second-order valence-electron chi connectivity index (χ2n) is 11.9. The van der Waals surface area contributed by atoms with Gasteiger partial charge in [0.05, 0.1) is 45.6 Å². The summed E-state index contributed by atoms with van der Waals surface area (Å²) in [5, 5.41) is 0. The number of fused-ring (bicyclic) bond motifs is 4. The van der Waals surface area contributed by atoms with Crippen molar-refractivity contribution in [3.8, 4) is 0 Å². The minimum absolute atomic E-state index is 0. The van der Waals surface area contributed by atoms with Gasteiger partial charge >= 0.3 is 0 Å². The number of allylic oxidation sites excluding steroid dienone is 12. The molecule has 0 spiro atoms. The minimum atomic E-state index is 0. The molecule has 5 aliphatic heterocycles. The molecule has 5 aliphatic rings. The molecule has 4 aromatic carbocycles. The van der Waals surface area contributed by atoms with Gasteiger partial charge in [0, 0.05) is 44.7 Å². The van der Waals surface area contributed by atoms with Gasteiger partial charge in [-0.05, 0) is 70.9 Å². The Balaban J connectivity index is 0.00000348. The maximum atomic E-state index is 5.56. The molecule has 5 heteroatoms. The van der Waals surface area contributed by atoms with E-state index in [-0.39, 0.29) is 22.4 Å². The molecule has 5 heterocycles. The average Bonchev–Trinajstić information content (AvgIpc) is 3.94. The van der Waals surface area contributed by atoms with Crippen LogP contribution in [-0.4, -0.2) is 22.8 Å². The summed E-state index contributed by atoms with van der Waals surface area (Å²) in [5.74, 6) is 0. The molecule has 4 aromatic rings. The number of benzene rings is 4. The molecule has 8 bridgehead atoms. The molecule has 0 unspecified atom stereocenters. The van der Waals surface area contributed by atoms with Gasteiger partial charge in [0.1, 0.15) is 0 Å². The third kappa shape index (κ3) is 5.83. The van der Waals surface area contributed by atoms with Gasteiger partial charge in [-0.3, -0.25) is 0 Å². The van der Waals surface area contributed by atoms with Crippen molar-refractivity contribution in [2.24, 2.45) is 20.0 Å². The fourth-order valence-corrected chi connectivity index (χ4v) is 6.63. The van der Waals surface area contributed by atoms with Crippen LogP contribution in [0.5, 0.6) is 0 Å². The summed E-state index contributed by atoms with van der Waals surface area (Å²) < 4.78 is 0. The van der Waals surface area contributed by atoms with Crippen molar-refractivity contribution >= 4 is 45.1 Å². The second-order valence-corrected chi connectivity index (χ2v) is 11.9. The maximum Gasteiger partial charge on any atom is 0.0822 e. The van der Waals surface area contributed by atoms with Crippen LogP contribution in [0.3, 0.4) is 0 Å². The van der Waals surface area contributed by atoms with Crippen molar-refractivity contribution in [1.29, 1.82) is 0 Å². The molecule has 0 fully saturated rings. The van der Waals surface area contributed by atoms with Crippen molar-refractivity contribution in [3.63, 3.8) is 0 Å². The van der Waals surface area contributed by atoms with E-state index in [1.165, 1.54) is 0 Å². The van der Waals surface area contributed by atoms with Crippen LogP contribution in [-0.2, 0) is 22.4 Å². The molecule has 0 N–H and O–H groups in total. The van der Waals surface area contributed by atoms with E-state index in [0.29, 0.717) is 0 Å². The van der Waals surface area contributed by atoms with Crippen molar-refractivity contribution in [2.75, 3.05) is 0 Å². The number of nitrogens with zero attached hydrogens (tertiary/aromatic N) is 4. The zero-order valence-electron chi connectivity index (χ0n) is 26.3. The quantitative estimate of drug-likeness (QED) is 0.189. The van der Waals surface area contributed by atoms with Crippen LogP contribution in [0.15, 0.2) is 213 Å². The molecule has 0 aromatic heterocycles. The minimum Gasteiger partial charge on any atom is -0.249 e. The summed E-state index contributed by atoms with van der Waals surface area (Å²) in [6, 6.07) is 42.1. The van der Waals surface area contributed by atoms with E-state index < -0.39 is 0 Å². The normalized spacial score (nSPS) is 17.5. The van der Waals surface area contributed by atoms with Crippen LogP contribution in [0.25, 0.3) is 22.3 Å². The predicted molar refractivity (Wildman–Crippen MR) is 200 cm³/mol. The first-order valence-corrected chi connectivity index (χ1v) is 16.1. The Kier molecular flexibility index (Phi) is 8.12. The van der Waals surface area contributed by atoms with Crippen molar-refractivity contribution in [3.05, 3.63) is 215 Å². The first-order valence-electron chi connectivity index (χ1n) is 16.1. The van der Waals surface area contributed by atoms with Gasteiger partial charge in [-0.2, -0.15) is 0 Å². The van der Waals surface area contributed by atoms with E-state index >= 15 is 0 Å². The molecule has 1 radical (unpaired) electrons. The Morgan fingerprint density at radius 3 is 1.39 bits per heavy atom. The topological polar surface area (TPSA) is 49.4 Å². The zero-order chi connectivity index (χ0) is 31.9. The third-order valence-corrected chi connectivity index (χ3v) is 8.75. The van der Waals surface area contributed by atoms with E-state index in [4.69, 9.17) is 20.0 Å². The molecule has 0 atom stereocenters. The van der Waals surface area contributed by atoms with Crippen LogP contribution >= 0.6 is 0 Å². The molecule has 0 amide bonds. The second kappa shape index (κ2) is 13.0. The van der Waals surface area contributed by atoms with E-state index in [2.05, 4.69) is 133 Å². The average molecular weight is 721 g/mol. The summed E-state index contributed by atoms with van der Waals surface area (Å²) in [5.41, 5.74) is 15.3. The van der Waals surface area contributed by atoms with Gasteiger partial charge < -0.3 is 0 Å². The molecule has 0 aliphatic carbocycles. The molecule has 0 saturated carbocycles. The summed E-state index contributed by atoms with van der Waals surface area (Å²) in [6.07, 6.45) is 16.5. The van der Waals surface area contributed by atoms with E-state index in [1.54, 1.807) is 0 Å².